The van der Waals surface area contributed by atoms with Crippen LogP contribution in [0.4, 0.5) is 0 Å². The van der Waals surface area contributed by atoms with E-state index in [0.29, 0.717) is 6.04 Å². The molecule has 2 aliphatic carbocycles. The van der Waals surface area contributed by atoms with E-state index in [4.69, 9.17) is 5.73 Å². The van der Waals surface area contributed by atoms with Gasteiger partial charge in [-0.3, -0.25) is 4.79 Å². The van der Waals surface area contributed by atoms with Crippen LogP contribution in [0.15, 0.2) is 0 Å². The Morgan fingerprint density at radius 1 is 1.31 bits per heavy atom. The normalized spacial score (nSPS) is 44.4. The second-order valence-corrected chi connectivity index (χ2v) is 6.01. The van der Waals surface area contributed by atoms with E-state index in [1.165, 1.54) is 25.7 Å². The van der Waals surface area contributed by atoms with Gasteiger partial charge < -0.3 is 10.6 Å². The number of carbonyl (C=O) groups excluding carboxylic acids is 1. The molecule has 5 unspecified atom stereocenters. The summed E-state index contributed by atoms with van der Waals surface area (Å²) in [4.78, 5) is 14.0. The smallest absolute Gasteiger partial charge is 0.239 e. The van der Waals surface area contributed by atoms with Gasteiger partial charge in [-0.25, -0.2) is 0 Å². The van der Waals surface area contributed by atoms with Crippen molar-refractivity contribution in [1.29, 1.82) is 0 Å². The van der Waals surface area contributed by atoms with Gasteiger partial charge in [0.25, 0.3) is 0 Å². The molecule has 1 aliphatic heterocycles. The number of fused-ring (bicyclic) bond motifs is 2. The van der Waals surface area contributed by atoms with E-state index in [9.17, 15) is 4.79 Å². The summed E-state index contributed by atoms with van der Waals surface area (Å²) < 4.78 is 0. The highest BCUT2D eigenvalue weighted by molar-refractivity contribution is 5.84. The van der Waals surface area contributed by atoms with E-state index in [1.807, 2.05) is 0 Å². The van der Waals surface area contributed by atoms with E-state index in [2.05, 4.69) is 11.8 Å². The molecule has 1 amide bonds. The zero-order chi connectivity index (χ0) is 11.3. The number of likely N-dealkylation sites (tertiary alicyclic amines) is 1. The lowest BCUT2D eigenvalue weighted by molar-refractivity contribution is -0.131. The molecule has 3 heteroatoms. The Kier molecular flexibility index (Phi) is 2.46. The van der Waals surface area contributed by atoms with E-state index < -0.39 is 0 Å². The Labute approximate surface area is 97.4 Å². The summed E-state index contributed by atoms with van der Waals surface area (Å²) >= 11 is 0. The predicted octanol–water partition coefficient (Wildman–Crippen LogP) is 1.37. The largest absolute Gasteiger partial charge is 0.338 e. The van der Waals surface area contributed by atoms with E-state index >= 15 is 0 Å². The third kappa shape index (κ3) is 1.48. The highest BCUT2D eigenvalue weighted by Gasteiger charge is 2.45. The second kappa shape index (κ2) is 3.73. The first-order valence-corrected chi connectivity index (χ1v) is 6.73. The van der Waals surface area contributed by atoms with E-state index in [0.717, 1.165) is 30.7 Å². The van der Waals surface area contributed by atoms with Crippen molar-refractivity contribution in [1.82, 2.24) is 4.90 Å². The van der Waals surface area contributed by atoms with E-state index in [-0.39, 0.29) is 11.9 Å². The number of rotatable bonds is 2. The maximum absolute atomic E-state index is 11.9. The van der Waals surface area contributed by atoms with Gasteiger partial charge in [-0.1, -0.05) is 6.42 Å². The lowest BCUT2D eigenvalue weighted by Gasteiger charge is -2.34. The molecule has 2 bridgehead atoms. The first-order chi connectivity index (χ1) is 7.66. The first-order valence-electron chi connectivity index (χ1n) is 6.73. The standard InChI is InChI=1S/C13H22N2O/c1-8(15-5-4-12(14)13(15)16)11-7-9-2-3-10(11)6-9/h8-12H,2-7,14H2,1H3. The molecule has 3 rings (SSSR count). The molecule has 16 heavy (non-hydrogen) atoms. The number of nitrogens with zero attached hydrogens (tertiary/aromatic N) is 1. The number of hydrogen-bond acceptors (Lipinski definition) is 2. The third-order valence-electron chi connectivity index (χ3n) is 5.19. The first kappa shape index (κ1) is 10.6. The zero-order valence-electron chi connectivity index (χ0n) is 10.1. The van der Waals surface area contributed by atoms with Gasteiger partial charge in [0.05, 0.1) is 6.04 Å². The number of nitrogens with two attached hydrogens (primary N) is 1. The van der Waals surface area contributed by atoms with Crippen molar-refractivity contribution in [2.75, 3.05) is 6.54 Å². The highest BCUT2D eigenvalue weighted by atomic mass is 16.2. The lowest BCUT2D eigenvalue weighted by Crippen LogP contribution is -2.44. The van der Waals surface area contributed by atoms with Gasteiger partial charge >= 0.3 is 0 Å². The van der Waals surface area contributed by atoms with Crippen LogP contribution in [0.2, 0.25) is 0 Å². The molecule has 2 saturated carbocycles. The predicted molar refractivity (Wildman–Crippen MR) is 62.7 cm³/mol. The minimum Gasteiger partial charge on any atom is -0.338 e. The topological polar surface area (TPSA) is 46.3 Å². The van der Waals surface area contributed by atoms with Crippen molar-refractivity contribution in [2.45, 2.75) is 51.1 Å². The van der Waals surface area contributed by atoms with Gasteiger partial charge in [0, 0.05) is 12.6 Å². The van der Waals surface area contributed by atoms with Crippen molar-refractivity contribution in [2.24, 2.45) is 23.5 Å². The number of carbonyl (C=O) groups is 1. The van der Waals surface area contributed by atoms with Gasteiger partial charge in [-0.05, 0) is 50.4 Å². The molecule has 5 atom stereocenters. The van der Waals surface area contributed by atoms with Crippen molar-refractivity contribution in [3.05, 3.63) is 0 Å². The van der Waals surface area contributed by atoms with E-state index in [1.54, 1.807) is 0 Å². The summed E-state index contributed by atoms with van der Waals surface area (Å²) in [5.41, 5.74) is 5.79. The molecule has 3 aliphatic rings. The Morgan fingerprint density at radius 2 is 2.12 bits per heavy atom. The van der Waals surface area contributed by atoms with Crippen LogP contribution < -0.4 is 5.73 Å². The molecule has 1 saturated heterocycles. The molecule has 3 fully saturated rings. The fourth-order valence-corrected chi connectivity index (χ4v) is 4.25. The average molecular weight is 222 g/mol. The summed E-state index contributed by atoms with van der Waals surface area (Å²) in [6, 6.07) is 0.206. The van der Waals surface area contributed by atoms with Crippen molar-refractivity contribution in [3.8, 4) is 0 Å². The SMILES string of the molecule is CC(C1CC2CCC1C2)N1CCC(N)C1=O. The van der Waals surface area contributed by atoms with Crippen molar-refractivity contribution in [3.63, 3.8) is 0 Å². The van der Waals surface area contributed by atoms with Crippen LogP contribution in [-0.4, -0.2) is 29.4 Å². The van der Waals surface area contributed by atoms with Gasteiger partial charge in [-0.15, -0.1) is 0 Å². The Hall–Kier alpha value is -0.570. The molecular weight excluding hydrogens is 200 g/mol. The fourth-order valence-electron chi connectivity index (χ4n) is 4.25. The molecule has 1 heterocycles. The summed E-state index contributed by atoms with van der Waals surface area (Å²) in [6.07, 6.45) is 6.45. The molecule has 90 valence electrons. The maximum Gasteiger partial charge on any atom is 0.239 e. The van der Waals surface area contributed by atoms with Crippen LogP contribution in [0.5, 0.6) is 0 Å². The van der Waals surface area contributed by atoms with Crippen LogP contribution in [0.3, 0.4) is 0 Å². The molecular formula is C13H22N2O. The van der Waals surface area contributed by atoms with Crippen molar-refractivity contribution >= 4 is 5.91 Å². The fraction of sp³-hybridized carbons (Fsp3) is 0.923. The summed E-state index contributed by atoms with van der Waals surface area (Å²) in [5.74, 6) is 2.80. The summed E-state index contributed by atoms with van der Waals surface area (Å²) in [6.45, 7) is 3.12. The number of amides is 1. The minimum absolute atomic E-state index is 0.190. The number of hydrogen-bond donors (Lipinski definition) is 1. The second-order valence-electron chi connectivity index (χ2n) is 6.01. The minimum atomic E-state index is -0.221. The van der Waals surface area contributed by atoms with Crippen LogP contribution >= 0.6 is 0 Å². The Bertz CT molecular complexity index is 304. The average Bonchev–Trinajstić information content (AvgIpc) is 2.95. The lowest BCUT2D eigenvalue weighted by atomic mass is 9.83. The molecule has 0 spiro atoms. The molecule has 0 aromatic carbocycles. The molecule has 2 N–H and O–H groups in total. The Morgan fingerprint density at radius 3 is 2.62 bits per heavy atom. The summed E-state index contributed by atoms with van der Waals surface area (Å²) in [7, 11) is 0. The Balaban J connectivity index is 1.69. The quantitative estimate of drug-likeness (QED) is 0.767. The molecule has 3 nitrogen and oxygen atoms in total. The van der Waals surface area contributed by atoms with Crippen LogP contribution in [-0.2, 0) is 4.79 Å². The maximum atomic E-state index is 11.9. The molecule has 0 aromatic heterocycles. The molecule has 0 radical (unpaired) electrons. The third-order valence-corrected chi connectivity index (χ3v) is 5.19. The van der Waals surface area contributed by atoms with Crippen LogP contribution in [0.1, 0.15) is 39.0 Å². The van der Waals surface area contributed by atoms with Gasteiger partial charge in [0.2, 0.25) is 5.91 Å². The van der Waals surface area contributed by atoms with Gasteiger partial charge in [-0.2, -0.15) is 0 Å². The monoisotopic (exact) mass is 222 g/mol. The highest BCUT2D eigenvalue weighted by Crippen LogP contribution is 2.50. The van der Waals surface area contributed by atoms with Crippen LogP contribution in [0.25, 0.3) is 0 Å². The van der Waals surface area contributed by atoms with Gasteiger partial charge in [0.15, 0.2) is 0 Å². The van der Waals surface area contributed by atoms with Crippen LogP contribution in [0, 0.1) is 17.8 Å². The zero-order valence-corrected chi connectivity index (χ0v) is 10.1. The van der Waals surface area contributed by atoms with Gasteiger partial charge in [0.1, 0.15) is 0 Å². The van der Waals surface area contributed by atoms with Crippen molar-refractivity contribution < 1.29 is 4.79 Å². The molecule has 0 aromatic rings. The summed E-state index contributed by atoms with van der Waals surface area (Å²) in [5, 5.41) is 0.